The van der Waals surface area contributed by atoms with Gasteiger partial charge in [-0.25, -0.2) is 12.8 Å². The summed E-state index contributed by atoms with van der Waals surface area (Å²) < 4.78 is 37.0. The van der Waals surface area contributed by atoms with E-state index >= 15 is 0 Å². The molecule has 0 amide bonds. The highest BCUT2D eigenvalue weighted by atomic mass is 32.2. The van der Waals surface area contributed by atoms with Gasteiger partial charge < -0.3 is 10.0 Å². The van der Waals surface area contributed by atoms with Crippen LogP contribution in [-0.2, 0) is 9.84 Å². The minimum Gasteiger partial charge on any atom is -0.389 e. The molecule has 4 nitrogen and oxygen atoms in total. The molecule has 1 heterocycles. The largest absolute Gasteiger partial charge is 0.389 e. The number of anilines is 1. The molecule has 0 aromatic heterocycles. The summed E-state index contributed by atoms with van der Waals surface area (Å²) in [5.41, 5.74) is 0.770. The van der Waals surface area contributed by atoms with E-state index in [0.717, 1.165) is 0 Å². The van der Waals surface area contributed by atoms with E-state index in [9.17, 15) is 17.9 Å². The Balaban J connectivity index is 2.36. The quantitative estimate of drug-likeness (QED) is 0.915. The molecule has 1 unspecified atom stereocenters. The summed E-state index contributed by atoms with van der Waals surface area (Å²) in [4.78, 5) is 1.64. The Morgan fingerprint density at radius 3 is 2.68 bits per heavy atom. The molecule has 1 aromatic carbocycles. The lowest BCUT2D eigenvalue weighted by atomic mass is 10.1. The van der Waals surface area contributed by atoms with Crippen LogP contribution in [0, 0.1) is 5.82 Å². The summed E-state index contributed by atoms with van der Waals surface area (Å²) in [6, 6.07) is 4.28. The number of para-hydroxylation sites is 1. The molecule has 1 fully saturated rings. The monoisotopic (exact) mass is 287 g/mol. The second kappa shape index (κ2) is 5.09. The Morgan fingerprint density at radius 2 is 2.16 bits per heavy atom. The summed E-state index contributed by atoms with van der Waals surface area (Å²) in [5.74, 6) is -0.262. The second-order valence-corrected chi connectivity index (χ2v) is 7.25. The first-order valence-electron chi connectivity index (χ1n) is 6.21. The lowest BCUT2D eigenvalue weighted by molar-refractivity contribution is 0.199. The Morgan fingerprint density at radius 1 is 1.47 bits per heavy atom. The van der Waals surface area contributed by atoms with Gasteiger partial charge in [0, 0.05) is 18.7 Å². The third kappa shape index (κ3) is 2.90. The van der Waals surface area contributed by atoms with Gasteiger partial charge in [-0.1, -0.05) is 12.1 Å². The Hall–Kier alpha value is -1.14. The van der Waals surface area contributed by atoms with Crippen molar-refractivity contribution in [3.63, 3.8) is 0 Å². The fourth-order valence-electron chi connectivity index (χ4n) is 2.50. The highest BCUT2D eigenvalue weighted by molar-refractivity contribution is 7.91. The first-order valence-corrected chi connectivity index (χ1v) is 8.03. The molecule has 1 N–H and O–H groups in total. The predicted molar refractivity (Wildman–Crippen MR) is 72.5 cm³/mol. The SMILES string of the molecule is C[C@H](O)c1cccc(F)c1N(C)C1CCS(=O)(=O)C1. The number of halogens is 1. The number of nitrogens with zero attached hydrogens (tertiary/aromatic N) is 1. The van der Waals surface area contributed by atoms with Crippen LogP contribution in [0.5, 0.6) is 0 Å². The molecule has 1 aromatic rings. The van der Waals surface area contributed by atoms with E-state index in [1.54, 1.807) is 31.0 Å². The van der Waals surface area contributed by atoms with E-state index in [-0.39, 0.29) is 17.5 Å². The Kier molecular flexibility index (Phi) is 3.82. The minimum absolute atomic E-state index is 0.0388. The normalized spacial score (nSPS) is 23.3. The molecule has 0 saturated carbocycles. The predicted octanol–water partition coefficient (Wildman–Crippen LogP) is 1.50. The van der Waals surface area contributed by atoms with Gasteiger partial charge in [0.25, 0.3) is 0 Å². The van der Waals surface area contributed by atoms with Crippen LogP contribution in [0.2, 0.25) is 0 Å². The highest BCUT2D eigenvalue weighted by Gasteiger charge is 2.32. The molecule has 6 heteroatoms. The first kappa shape index (κ1) is 14.3. The van der Waals surface area contributed by atoms with Gasteiger partial charge in [-0.3, -0.25) is 0 Å². The van der Waals surface area contributed by atoms with Crippen LogP contribution in [0.25, 0.3) is 0 Å². The van der Waals surface area contributed by atoms with Crippen LogP contribution in [-0.4, -0.2) is 38.1 Å². The molecule has 0 aliphatic carbocycles. The minimum atomic E-state index is -3.02. The van der Waals surface area contributed by atoms with Crippen LogP contribution in [0.4, 0.5) is 10.1 Å². The fraction of sp³-hybridized carbons (Fsp3) is 0.538. The average Bonchev–Trinajstić information content (AvgIpc) is 2.68. The second-order valence-electron chi connectivity index (χ2n) is 5.02. The molecule has 106 valence electrons. The van der Waals surface area contributed by atoms with E-state index in [1.165, 1.54) is 6.07 Å². The third-order valence-electron chi connectivity index (χ3n) is 3.58. The van der Waals surface area contributed by atoms with Crippen molar-refractivity contribution in [2.24, 2.45) is 0 Å². The van der Waals surface area contributed by atoms with E-state index in [0.29, 0.717) is 17.7 Å². The zero-order valence-electron chi connectivity index (χ0n) is 11.0. The van der Waals surface area contributed by atoms with Gasteiger partial charge in [0.15, 0.2) is 9.84 Å². The number of aliphatic hydroxyl groups is 1. The fourth-order valence-corrected chi connectivity index (χ4v) is 4.28. The molecule has 1 aliphatic rings. The van der Waals surface area contributed by atoms with Crippen molar-refractivity contribution in [2.75, 3.05) is 23.5 Å². The summed E-state index contributed by atoms with van der Waals surface area (Å²) in [5, 5.41) is 9.71. The summed E-state index contributed by atoms with van der Waals surface area (Å²) >= 11 is 0. The van der Waals surface area contributed by atoms with Crippen molar-refractivity contribution < 1.29 is 17.9 Å². The van der Waals surface area contributed by atoms with Crippen molar-refractivity contribution in [2.45, 2.75) is 25.5 Å². The van der Waals surface area contributed by atoms with Crippen LogP contribution in [0.1, 0.15) is 25.0 Å². The van der Waals surface area contributed by atoms with E-state index in [1.807, 2.05) is 0 Å². The van der Waals surface area contributed by atoms with Crippen LogP contribution >= 0.6 is 0 Å². The molecule has 0 radical (unpaired) electrons. The maximum Gasteiger partial charge on any atom is 0.152 e. The van der Waals surface area contributed by atoms with Crippen LogP contribution in [0.15, 0.2) is 18.2 Å². The Labute approximate surface area is 112 Å². The van der Waals surface area contributed by atoms with Crippen LogP contribution < -0.4 is 4.90 Å². The van der Waals surface area contributed by atoms with Gasteiger partial charge >= 0.3 is 0 Å². The molecular formula is C13H18FNO3S. The molecule has 0 bridgehead atoms. The van der Waals surface area contributed by atoms with Gasteiger partial charge in [-0.05, 0) is 19.4 Å². The lowest BCUT2D eigenvalue weighted by Gasteiger charge is -2.29. The third-order valence-corrected chi connectivity index (χ3v) is 5.33. The molecular weight excluding hydrogens is 269 g/mol. The smallest absolute Gasteiger partial charge is 0.152 e. The highest BCUT2D eigenvalue weighted by Crippen LogP contribution is 2.32. The van der Waals surface area contributed by atoms with E-state index in [4.69, 9.17) is 0 Å². The standard InChI is InChI=1S/C13H18FNO3S/c1-9(16)11-4-3-5-12(14)13(11)15(2)10-6-7-19(17,18)8-10/h3-5,9-10,16H,6-8H2,1-2H3/t9-,10?/m0/s1. The van der Waals surface area contributed by atoms with Gasteiger partial charge in [0.05, 0.1) is 23.3 Å². The zero-order valence-corrected chi connectivity index (χ0v) is 11.8. The molecule has 1 saturated heterocycles. The molecule has 1 aliphatic heterocycles. The molecule has 2 atom stereocenters. The number of hydrogen-bond acceptors (Lipinski definition) is 4. The number of benzene rings is 1. The van der Waals surface area contributed by atoms with Crippen molar-refractivity contribution in [3.05, 3.63) is 29.6 Å². The zero-order chi connectivity index (χ0) is 14.2. The van der Waals surface area contributed by atoms with E-state index in [2.05, 4.69) is 0 Å². The van der Waals surface area contributed by atoms with Gasteiger partial charge in [0.2, 0.25) is 0 Å². The number of aliphatic hydroxyl groups excluding tert-OH is 1. The van der Waals surface area contributed by atoms with Crippen molar-refractivity contribution >= 4 is 15.5 Å². The molecule has 2 rings (SSSR count). The molecule has 19 heavy (non-hydrogen) atoms. The van der Waals surface area contributed by atoms with Crippen LogP contribution in [0.3, 0.4) is 0 Å². The van der Waals surface area contributed by atoms with Crippen molar-refractivity contribution in [3.8, 4) is 0 Å². The van der Waals surface area contributed by atoms with Gasteiger partial charge in [-0.2, -0.15) is 0 Å². The number of rotatable bonds is 3. The lowest BCUT2D eigenvalue weighted by Crippen LogP contribution is -2.34. The maximum absolute atomic E-state index is 14.0. The Bertz CT molecular complexity index is 571. The first-order chi connectivity index (χ1) is 8.82. The summed E-state index contributed by atoms with van der Waals surface area (Å²) in [6.45, 7) is 1.57. The van der Waals surface area contributed by atoms with Crippen molar-refractivity contribution in [1.29, 1.82) is 0 Å². The topological polar surface area (TPSA) is 57.6 Å². The summed E-state index contributed by atoms with van der Waals surface area (Å²) in [6.07, 6.45) is -0.307. The average molecular weight is 287 g/mol. The maximum atomic E-state index is 14.0. The number of hydrogen-bond donors (Lipinski definition) is 1. The molecule has 0 spiro atoms. The summed E-state index contributed by atoms with van der Waals surface area (Å²) in [7, 11) is -1.34. The van der Waals surface area contributed by atoms with Gasteiger partial charge in [-0.15, -0.1) is 0 Å². The van der Waals surface area contributed by atoms with Crippen molar-refractivity contribution in [1.82, 2.24) is 0 Å². The van der Waals surface area contributed by atoms with E-state index < -0.39 is 21.8 Å². The van der Waals surface area contributed by atoms with Gasteiger partial charge in [0.1, 0.15) is 5.82 Å². The number of sulfone groups is 1.